The number of carbonyl (C=O) groups excluding carboxylic acids is 1. The van der Waals surface area contributed by atoms with E-state index in [1.54, 1.807) is 7.11 Å². The molecule has 1 saturated heterocycles. The highest BCUT2D eigenvalue weighted by Gasteiger charge is 2.29. The lowest BCUT2D eigenvalue weighted by atomic mass is 10.1. The normalized spacial score (nSPS) is 15.5. The highest BCUT2D eigenvalue weighted by atomic mass is 16.5. The number of aromatic nitrogens is 2. The van der Waals surface area contributed by atoms with Crippen LogP contribution in [0.5, 0.6) is 5.75 Å². The number of H-pyrrole nitrogens is 1. The second-order valence-corrected chi connectivity index (χ2v) is 9.70. The van der Waals surface area contributed by atoms with E-state index >= 15 is 0 Å². The zero-order chi connectivity index (χ0) is 25.5. The van der Waals surface area contributed by atoms with Gasteiger partial charge in [0, 0.05) is 23.5 Å². The van der Waals surface area contributed by atoms with Crippen LogP contribution >= 0.6 is 0 Å². The molecule has 1 aliphatic carbocycles. The second kappa shape index (κ2) is 11.9. The number of fused-ring (bicyclic) bond motifs is 1. The van der Waals surface area contributed by atoms with Gasteiger partial charge in [0.15, 0.2) is 0 Å². The SMILES string of the molecule is C(=C\c1n[nH]c2ccccc12)/c1ccc(CN2CCCC2)cc1.COc1ccc(NC(=O)C2CC2)cc1. The monoisotopic (exact) mass is 494 g/mol. The molecule has 0 bridgehead atoms. The van der Waals surface area contributed by atoms with Crippen LogP contribution in [-0.4, -0.2) is 41.2 Å². The Morgan fingerprint density at radius 1 is 1.00 bits per heavy atom. The highest BCUT2D eigenvalue weighted by Crippen LogP contribution is 2.30. The number of aromatic amines is 1. The highest BCUT2D eigenvalue weighted by molar-refractivity contribution is 5.94. The predicted molar refractivity (Wildman–Crippen MR) is 150 cm³/mol. The first-order valence-electron chi connectivity index (χ1n) is 13.1. The van der Waals surface area contributed by atoms with Crippen molar-refractivity contribution in [2.75, 3.05) is 25.5 Å². The number of hydrogen-bond acceptors (Lipinski definition) is 4. The van der Waals surface area contributed by atoms with Crippen LogP contribution in [0, 0.1) is 5.92 Å². The zero-order valence-corrected chi connectivity index (χ0v) is 21.3. The van der Waals surface area contributed by atoms with Crippen molar-refractivity contribution >= 4 is 34.6 Å². The second-order valence-electron chi connectivity index (χ2n) is 9.70. The molecule has 4 aromatic rings. The van der Waals surface area contributed by atoms with Gasteiger partial charge in [0.05, 0.1) is 18.3 Å². The third kappa shape index (κ3) is 6.86. The summed E-state index contributed by atoms with van der Waals surface area (Å²) in [4.78, 5) is 13.9. The summed E-state index contributed by atoms with van der Waals surface area (Å²) in [5.41, 5.74) is 5.51. The summed E-state index contributed by atoms with van der Waals surface area (Å²) < 4.78 is 5.02. The lowest BCUT2D eigenvalue weighted by Crippen LogP contribution is -2.18. The molecule has 0 atom stereocenters. The smallest absolute Gasteiger partial charge is 0.227 e. The van der Waals surface area contributed by atoms with Gasteiger partial charge in [-0.05, 0) is 86.3 Å². The zero-order valence-electron chi connectivity index (χ0n) is 21.3. The number of benzene rings is 3. The fraction of sp³-hybridized carbons (Fsp3) is 0.290. The van der Waals surface area contributed by atoms with Gasteiger partial charge >= 0.3 is 0 Å². The minimum atomic E-state index is 0.134. The molecule has 2 N–H and O–H groups in total. The summed E-state index contributed by atoms with van der Waals surface area (Å²) in [5.74, 6) is 1.18. The number of anilines is 1. The first-order valence-corrected chi connectivity index (χ1v) is 13.1. The minimum absolute atomic E-state index is 0.134. The van der Waals surface area contributed by atoms with Crippen molar-refractivity contribution in [2.24, 2.45) is 5.92 Å². The molecule has 190 valence electrons. The van der Waals surface area contributed by atoms with Crippen LogP contribution in [0.15, 0.2) is 72.8 Å². The van der Waals surface area contributed by atoms with E-state index in [4.69, 9.17) is 4.74 Å². The van der Waals surface area contributed by atoms with E-state index in [2.05, 4.69) is 62.9 Å². The number of nitrogens with one attached hydrogen (secondary N) is 2. The van der Waals surface area contributed by atoms with E-state index in [-0.39, 0.29) is 11.8 Å². The van der Waals surface area contributed by atoms with E-state index in [0.717, 1.165) is 47.4 Å². The fourth-order valence-electron chi connectivity index (χ4n) is 4.48. The van der Waals surface area contributed by atoms with Gasteiger partial charge in [0.1, 0.15) is 5.75 Å². The number of hydrogen-bond donors (Lipinski definition) is 2. The van der Waals surface area contributed by atoms with Crippen molar-refractivity contribution in [1.82, 2.24) is 15.1 Å². The van der Waals surface area contributed by atoms with Crippen molar-refractivity contribution in [3.8, 4) is 5.75 Å². The van der Waals surface area contributed by atoms with E-state index in [1.165, 1.54) is 37.1 Å². The molecule has 6 heteroatoms. The Labute approximate surface area is 218 Å². The van der Waals surface area contributed by atoms with Crippen LogP contribution in [0.25, 0.3) is 23.1 Å². The topological polar surface area (TPSA) is 70.2 Å². The van der Waals surface area contributed by atoms with Crippen molar-refractivity contribution in [3.63, 3.8) is 0 Å². The molecular formula is C31H34N4O2. The lowest BCUT2D eigenvalue weighted by molar-refractivity contribution is -0.117. The Hall–Kier alpha value is -3.90. The van der Waals surface area contributed by atoms with Gasteiger partial charge in [-0.15, -0.1) is 0 Å². The molecule has 3 aromatic carbocycles. The lowest BCUT2D eigenvalue weighted by Gasteiger charge is -2.14. The van der Waals surface area contributed by atoms with Gasteiger partial charge < -0.3 is 10.1 Å². The van der Waals surface area contributed by atoms with E-state index < -0.39 is 0 Å². The molecule has 6 nitrogen and oxygen atoms in total. The molecular weight excluding hydrogens is 460 g/mol. The predicted octanol–water partition coefficient (Wildman–Crippen LogP) is 6.37. The number of carbonyl (C=O) groups is 1. The molecule has 0 unspecified atom stereocenters. The molecule has 0 radical (unpaired) electrons. The van der Waals surface area contributed by atoms with Crippen molar-refractivity contribution in [2.45, 2.75) is 32.2 Å². The molecule has 1 aliphatic heterocycles. The van der Waals surface area contributed by atoms with Crippen LogP contribution in [0.2, 0.25) is 0 Å². The quantitative estimate of drug-likeness (QED) is 0.313. The number of likely N-dealkylation sites (tertiary alicyclic amines) is 1. The summed E-state index contributed by atoms with van der Waals surface area (Å²) in [6, 6.07) is 24.4. The van der Waals surface area contributed by atoms with Crippen LogP contribution in [0.3, 0.4) is 0 Å². The van der Waals surface area contributed by atoms with E-state index in [0.29, 0.717) is 0 Å². The number of nitrogens with zero attached hydrogens (tertiary/aromatic N) is 2. The van der Waals surface area contributed by atoms with Crippen molar-refractivity contribution < 1.29 is 9.53 Å². The van der Waals surface area contributed by atoms with Crippen LogP contribution in [-0.2, 0) is 11.3 Å². The molecule has 37 heavy (non-hydrogen) atoms. The van der Waals surface area contributed by atoms with Crippen molar-refractivity contribution in [1.29, 1.82) is 0 Å². The standard InChI is InChI=1S/C20H21N3.C11H13NO2/c1-2-6-19-18(5-1)20(22-21-19)12-11-16-7-9-17(10-8-16)15-23-13-3-4-14-23;1-14-10-6-4-9(5-7-10)12-11(13)8-2-3-8/h1-2,5-12H,3-4,13-15H2,(H,21,22);4-8H,2-3H2,1H3,(H,12,13)/b12-11+;. The van der Waals surface area contributed by atoms with E-state index in [9.17, 15) is 4.79 Å². The maximum Gasteiger partial charge on any atom is 0.227 e. The average Bonchev–Trinajstić information content (AvgIpc) is 3.53. The summed E-state index contributed by atoms with van der Waals surface area (Å²) in [6.07, 6.45) is 8.96. The average molecular weight is 495 g/mol. The fourth-order valence-corrected chi connectivity index (χ4v) is 4.48. The first-order chi connectivity index (χ1) is 18.2. The molecule has 2 heterocycles. The summed E-state index contributed by atoms with van der Waals surface area (Å²) >= 11 is 0. The Morgan fingerprint density at radius 2 is 1.73 bits per heavy atom. The number of methoxy groups -OCH3 is 1. The molecule has 0 spiro atoms. The Bertz CT molecular complexity index is 1330. The van der Waals surface area contributed by atoms with E-state index in [1.807, 2.05) is 42.5 Å². The van der Waals surface area contributed by atoms with Crippen LogP contribution in [0.1, 0.15) is 42.5 Å². The maximum absolute atomic E-state index is 11.4. The minimum Gasteiger partial charge on any atom is -0.497 e. The van der Waals surface area contributed by atoms with Gasteiger partial charge in [-0.25, -0.2) is 0 Å². The Morgan fingerprint density at radius 3 is 2.43 bits per heavy atom. The van der Waals surface area contributed by atoms with Gasteiger partial charge in [-0.1, -0.05) is 48.5 Å². The summed E-state index contributed by atoms with van der Waals surface area (Å²) in [5, 5.41) is 11.5. The van der Waals surface area contributed by atoms with Crippen LogP contribution in [0.4, 0.5) is 5.69 Å². The molecule has 1 amide bonds. The number of rotatable bonds is 7. The number of amides is 1. The maximum atomic E-state index is 11.4. The molecule has 1 aromatic heterocycles. The van der Waals surface area contributed by atoms with Gasteiger partial charge in [0.25, 0.3) is 0 Å². The Balaban J connectivity index is 0.000000171. The molecule has 2 aliphatic rings. The molecule has 6 rings (SSSR count). The molecule has 1 saturated carbocycles. The third-order valence-corrected chi connectivity index (χ3v) is 6.82. The summed E-state index contributed by atoms with van der Waals surface area (Å²) in [7, 11) is 1.62. The van der Waals surface area contributed by atoms with Crippen LogP contribution < -0.4 is 10.1 Å². The largest absolute Gasteiger partial charge is 0.497 e. The third-order valence-electron chi connectivity index (χ3n) is 6.82. The van der Waals surface area contributed by atoms with Gasteiger partial charge in [-0.2, -0.15) is 5.10 Å². The molecule has 2 fully saturated rings. The van der Waals surface area contributed by atoms with Gasteiger partial charge in [0.2, 0.25) is 5.91 Å². The first kappa shape index (κ1) is 24.8. The van der Waals surface area contributed by atoms with Gasteiger partial charge in [-0.3, -0.25) is 14.8 Å². The summed E-state index contributed by atoms with van der Waals surface area (Å²) in [6.45, 7) is 3.57. The number of ether oxygens (including phenoxy) is 1. The van der Waals surface area contributed by atoms with Crippen molar-refractivity contribution in [3.05, 3.63) is 89.6 Å². The Kier molecular flexibility index (Phi) is 7.96. The number of para-hydroxylation sites is 1.